The van der Waals surface area contributed by atoms with E-state index < -0.39 is 5.91 Å². The van der Waals surface area contributed by atoms with Gasteiger partial charge in [0.2, 0.25) is 5.75 Å². The van der Waals surface area contributed by atoms with Crippen molar-refractivity contribution in [1.29, 1.82) is 10.5 Å². The van der Waals surface area contributed by atoms with Crippen molar-refractivity contribution >= 4 is 55.3 Å². The van der Waals surface area contributed by atoms with Crippen LogP contribution in [0.4, 0.5) is 16.5 Å². The number of nitrogens with one attached hydrogen (secondary N) is 1. The summed E-state index contributed by atoms with van der Waals surface area (Å²) in [6, 6.07) is 7.76. The Morgan fingerprint density at radius 3 is 2.35 bits per heavy atom. The summed E-state index contributed by atoms with van der Waals surface area (Å²) in [7, 11) is 4.47. The summed E-state index contributed by atoms with van der Waals surface area (Å²) in [4.78, 5) is 19.7. The number of ether oxygens (including phenoxy) is 3. The van der Waals surface area contributed by atoms with Crippen molar-refractivity contribution in [2.75, 3.05) is 38.1 Å². The van der Waals surface area contributed by atoms with Crippen LogP contribution in [0.15, 0.2) is 12.1 Å². The lowest BCUT2D eigenvalue weighted by Crippen LogP contribution is -2.12. The van der Waals surface area contributed by atoms with Crippen LogP contribution < -0.4 is 31.0 Å². The van der Waals surface area contributed by atoms with Gasteiger partial charge in [0.25, 0.3) is 5.91 Å². The van der Waals surface area contributed by atoms with Crippen LogP contribution in [0.2, 0.25) is 0 Å². The fourth-order valence-corrected chi connectivity index (χ4v) is 7.45. The van der Waals surface area contributed by atoms with Gasteiger partial charge >= 0.3 is 0 Å². The minimum atomic E-state index is -0.462. The van der Waals surface area contributed by atoms with E-state index in [0.29, 0.717) is 55.1 Å². The van der Waals surface area contributed by atoms with E-state index in [-0.39, 0.29) is 21.9 Å². The first-order chi connectivity index (χ1) is 19.3. The number of nitrogens with zero attached hydrogens (tertiary/aromatic N) is 3. The highest BCUT2D eigenvalue weighted by Crippen LogP contribution is 2.47. The number of nitriles is 2. The van der Waals surface area contributed by atoms with Gasteiger partial charge in [0.05, 0.1) is 32.6 Å². The van der Waals surface area contributed by atoms with Crippen LogP contribution >= 0.6 is 22.7 Å². The molecule has 3 aromatic heterocycles. The van der Waals surface area contributed by atoms with E-state index in [1.165, 1.54) is 32.7 Å². The van der Waals surface area contributed by atoms with Gasteiger partial charge in [-0.3, -0.25) is 4.79 Å². The number of nitrogens with two attached hydrogens (primary N) is 2. The number of aromatic nitrogens is 1. The number of carbonyl (C=O) groups is 1. The van der Waals surface area contributed by atoms with E-state index in [1.54, 1.807) is 12.1 Å². The van der Waals surface area contributed by atoms with Gasteiger partial charge in [-0.25, -0.2) is 4.98 Å². The molecule has 1 aromatic carbocycles. The van der Waals surface area contributed by atoms with Gasteiger partial charge in [-0.15, -0.1) is 22.7 Å². The lowest BCUT2D eigenvalue weighted by Gasteiger charge is -2.17. The lowest BCUT2D eigenvalue weighted by molar-refractivity contribution is 0.103. The Morgan fingerprint density at radius 1 is 1.07 bits per heavy atom. The average molecular weight is 575 g/mol. The molecule has 3 heterocycles. The second-order valence-electron chi connectivity index (χ2n) is 9.42. The maximum Gasteiger partial charge on any atom is 0.268 e. The second-order valence-corrected chi connectivity index (χ2v) is 11.5. The second kappa shape index (κ2) is 10.6. The van der Waals surface area contributed by atoms with Crippen LogP contribution in [0.5, 0.6) is 17.2 Å². The quantitative estimate of drug-likeness (QED) is 0.275. The highest BCUT2D eigenvalue weighted by molar-refractivity contribution is 7.21. The molecular formula is C28H26N6O4S2. The molecule has 1 aliphatic rings. The zero-order valence-corrected chi connectivity index (χ0v) is 23.9. The van der Waals surface area contributed by atoms with Gasteiger partial charge in [0, 0.05) is 15.8 Å². The Morgan fingerprint density at radius 2 is 1.75 bits per heavy atom. The third-order valence-electron chi connectivity index (χ3n) is 7.03. The van der Waals surface area contributed by atoms with Gasteiger partial charge in [-0.1, -0.05) is 6.92 Å². The zero-order chi connectivity index (χ0) is 28.7. The summed E-state index contributed by atoms with van der Waals surface area (Å²) in [6.07, 6.45) is 2.70. The largest absolute Gasteiger partial charge is 0.493 e. The van der Waals surface area contributed by atoms with E-state index >= 15 is 0 Å². The topological polar surface area (TPSA) is 169 Å². The van der Waals surface area contributed by atoms with Crippen LogP contribution in [0.3, 0.4) is 0 Å². The molecule has 0 saturated carbocycles. The van der Waals surface area contributed by atoms with Crippen molar-refractivity contribution in [2.45, 2.75) is 26.2 Å². The molecule has 12 heteroatoms. The molecule has 0 bridgehead atoms. The average Bonchev–Trinajstić information content (AvgIpc) is 3.46. The highest BCUT2D eigenvalue weighted by Gasteiger charge is 2.28. The number of fused-ring (bicyclic) bond motifs is 2. The maximum absolute atomic E-state index is 13.6. The molecule has 1 unspecified atom stereocenters. The van der Waals surface area contributed by atoms with Gasteiger partial charge < -0.3 is 31.0 Å². The Labute approximate surface area is 238 Å². The van der Waals surface area contributed by atoms with Crippen LogP contribution in [0, 0.1) is 28.6 Å². The number of hydrogen-bond acceptors (Lipinski definition) is 11. The molecule has 0 spiro atoms. The van der Waals surface area contributed by atoms with E-state index in [9.17, 15) is 15.3 Å². The Balaban J connectivity index is 1.66. The van der Waals surface area contributed by atoms with Crippen molar-refractivity contribution in [3.63, 3.8) is 0 Å². The van der Waals surface area contributed by atoms with Crippen LogP contribution in [-0.4, -0.2) is 32.2 Å². The fraction of sp³-hybridized carbons (Fsp3) is 0.286. The number of methoxy groups -OCH3 is 3. The number of carbonyl (C=O) groups excluding carboxylic acids is 1. The molecule has 0 fully saturated rings. The minimum Gasteiger partial charge on any atom is -0.493 e. The predicted molar refractivity (Wildman–Crippen MR) is 156 cm³/mol. The molecule has 1 atom stereocenters. The molecule has 4 aromatic rings. The van der Waals surface area contributed by atoms with Crippen LogP contribution in [-0.2, 0) is 12.8 Å². The van der Waals surface area contributed by atoms with Crippen molar-refractivity contribution < 1.29 is 19.0 Å². The summed E-state index contributed by atoms with van der Waals surface area (Å²) in [5.74, 6) is 1.19. The number of anilines is 3. The smallest absolute Gasteiger partial charge is 0.268 e. The minimum absolute atomic E-state index is 0.00113. The van der Waals surface area contributed by atoms with E-state index in [1.807, 2.05) is 0 Å². The molecule has 40 heavy (non-hydrogen) atoms. The van der Waals surface area contributed by atoms with Crippen molar-refractivity contribution in [3.8, 4) is 40.5 Å². The van der Waals surface area contributed by atoms with Gasteiger partial charge in [-0.2, -0.15) is 10.5 Å². The first-order valence-corrected chi connectivity index (χ1v) is 14.0. The molecule has 5 rings (SSSR count). The maximum atomic E-state index is 13.6. The number of benzene rings is 1. The number of pyridine rings is 1. The van der Waals surface area contributed by atoms with Crippen molar-refractivity contribution in [1.82, 2.24) is 4.98 Å². The molecular weight excluding hydrogens is 548 g/mol. The molecule has 0 saturated heterocycles. The Hall–Kier alpha value is -4.52. The van der Waals surface area contributed by atoms with Gasteiger partial charge in [-0.05, 0) is 48.4 Å². The number of nitrogen functional groups attached to an aromatic ring is 2. The first-order valence-electron chi connectivity index (χ1n) is 12.3. The molecule has 0 radical (unpaired) electrons. The third-order valence-corrected chi connectivity index (χ3v) is 9.29. The summed E-state index contributed by atoms with van der Waals surface area (Å²) < 4.78 is 16.5. The number of rotatable bonds is 6. The fourth-order valence-electron chi connectivity index (χ4n) is 5.08. The van der Waals surface area contributed by atoms with Gasteiger partial charge in [0.15, 0.2) is 11.5 Å². The van der Waals surface area contributed by atoms with E-state index in [2.05, 4.69) is 29.4 Å². The SMILES string of the molecule is COc1cc(-c2c(C#N)c(N)nc3sc(C(=O)Nc4sc5c(c4C#N)CCC(C)C5)c(N)c23)cc(OC)c1OC. The molecule has 10 nitrogen and oxygen atoms in total. The standard InChI is InChI=1S/C28H26N6O4S2/c1-12-5-6-14-15(10-29)27(39-19(14)7-12)34-26(35)24-22(31)21-20(16(11-30)25(32)33-28(21)40-24)13-8-17(36-2)23(38-4)18(9-13)37-3/h8-9,12H,5-7,31H2,1-4H3,(H2,32,33)(H,34,35). The predicted octanol–water partition coefficient (Wildman–Crippen LogP) is 5.34. The Kier molecular flexibility index (Phi) is 7.15. The summed E-state index contributed by atoms with van der Waals surface area (Å²) in [5.41, 5.74) is 15.5. The first kappa shape index (κ1) is 27.1. The monoisotopic (exact) mass is 574 g/mol. The van der Waals surface area contributed by atoms with Crippen molar-refractivity contribution in [2.24, 2.45) is 5.92 Å². The summed E-state index contributed by atoms with van der Waals surface area (Å²) in [5, 5.41) is 23.7. The van der Waals surface area contributed by atoms with Gasteiger partial charge in [0.1, 0.15) is 38.2 Å². The molecule has 204 valence electrons. The summed E-state index contributed by atoms with van der Waals surface area (Å²) in [6.45, 7) is 2.19. The summed E-state index contributed by atoms with van der Waals surface area (Å²) >= 11 is 2.50. The molecule has 1 aliphatic carbocycles. The molecule has 1 amide bonds. The number of thiophene rings is 2. The van der Waals surface area contributed by atoms with Crippen molar-refractivity contribution in [3.05, 3.63) is 38.6 Å². The van der Waals surface area contributed by atoms with Crippen LogP contribution in [0.25, 0.3) is 21.3 Å². The number of hydrogen-bond donors (Lipinski definition) is 3. The molecule has 0 aliphatic heterocycles. The van der Waals surface area contributed by atoms with E-state index in [0.717, 1.165) is 41.0 Å². The highest BCUT2D eigenvalue weighted by atomic mass is 32.1. The zero-order valence-electron chi connectivity index (χ0n) is 22.3. The third kappa shape index (κ3) is 4.31. The van der Waals surface area contributed by atoms with Crippen LogP contribution in [0.1, 0.15) is 44.6 Å². The Bertz CT molecular complexity index is 1740. The molecule has 5 N–H and O–H groups in total. The van der Waals surface area contributed by atoms with E-state index in [4.69, 9.17) is 25.7 Å². The number of amides is 1. The lowest BCUT2D eigenvalue weighted by atomic mass is 9.89. The normalized spacial score (nSPS) is 14.2.